The Hall–Kier alpha value is -2.03. The summed E-state index contributed by atoms with van der Waals surface area (Å²) in [4.78, 5) is 2.02. The van der Waals surface area contributed by atoms with Crippen molar-refractivity contribution in [2.45, 2.75) is 13.5 Å². The molecule has 0 heterocycles. The fourth-order valence-electron chi connectivity index (χ4n) is 2.07. The van der Waals surface area contributed by atoms with Gasteiger partial charge < -0.3 is 10.6 Å². The third-order valence-electron chi connectivity index (χ3n) is 3.00. The van der Waals surface area contributed by atoms with E-state index >= 15 is 0 Å². The van der Waals surface area contributed by atoms with Crippen molar-refractivity contribution in [3.05, 3.63) is 59.4 Å². The lowest BCUT2D eigenvalue weighted by Crippen LogP contribution is -2.18. The van der Waals surface area contributed by atoms with Crippen LogP contribution < -0.4 is 10.6 Å². The Morgan fingerprint density at radius 1 is 1.17 bits per heavy atom. The van der Waals surface area contributed by atoms with E-state index in [0.717, 1.165) is 16.9 Å². The molecule has 0 amide bonds. The second-order valence-corrected chi connectivity index (χ2v) is 4.49. The summed E-state index contributed by atoms with van der Waals surface area (Å²) < 4.78 is 13.6. The SMILES string of the molecule is Cc1cc(N)ccc1N(C)Cc1ccccc1F. The molecule has 0 saturated heterocycles. The van der Waals surface area contributed by atoms with E-state index < -0.39 is 0 Å². The Kier molecular flexibility index (Phi) is 3.51. The molecule has 0 fully saturated rings. The molecule has 0 unspecified atom stereocenters. The first-order valence-corrected chi connectivity index (χ1v) is 5.88. The van der Waals surface area contributed by atoms with Crippen molar-refractivity contribution in [3.8, 4) is 0 Å². The highest BCUT2D eigenvalue weighted by molar-refractivity contribution is 5.58. The summed E-state index contributed by atoms with van der Waals surface area (Å²) in [6.45, 7) is 2.54. The number of rotatable bonds is 3. The molecule has 0 aliphatic rings. The molecule has 0 radical (unpaired) electrons. The third kappa shape index (κ3) is 2.62. The van der Waals surface area contributed by atoms with Gasteiger partial charge in [-0.3, -0.25) is 0 Å². The Morgan fingerprint density at radius 3 is 2.56 bits per heavy atom. The lowest BCUT2D eigenvalue weighted by Gasteiger charge is -2.22. The molecule has 2 aromatic rings. The molecular weight excluding hydrogens is 227 g/mol. The maximum absolute atomic E-state index is 13.6. The topological polar surface area (TPSA) is 29.3 Å². The number of hydrogen-bond donors (Lipinski definition) is 1. The Bertz CT molecular complexity index is 552. The number of halogens is 1. The smallest absolute Gasteiger partial charge is 0.128 e. The van der Waals surface area contributed by atoms with Crippen LogP contribution in [0.3, 0.4) is 0 Å². The fourth-order valence-corrected chi connectivity index (χ4v) is 2.07. The molecule has 0 aliphatic carbocycles. The average Bonchev–Trinajstić information content (AvgIpc) is 2.32. The summed E-state index contributed by atoms with van der Waals surface area (Å²) in [5, 5.41) is 0. The van der Waals surface area contributed by atoms with E-state index in [-0.39, 0.29) is 5.82 Å². The van der Waals surface area contributed by atoms with Crippen LogP contribution in [0.2, 0.25) is 0 Å². The van der Waals surface area contributed by atoms with Crippen LogP contribution in [0.15, 0.2) is 42.5 Å². The number of nitrogens with two attached hydrogens (primary N) is 1. The van der Waals surface area contributed by atoms with Crippen molar-refractivity contribution >= 4 is 11.4 Å². The van der Waals surface area contributed by atoms with Gasteiger partial charge in [0.2, 0.25) is 0 Å². The predicted octanol–water partition coefficient (Wildman–Crippen LogP) is 3.35. The molecular formula is C15H17FN2. The van der Waals surface area contributed by atoms with Crippen LogP contribution >= 0.6 is 0 Å². The number of anilines is 2. The number of aryl methyl sites for hydroxylation is 1. The van der Waals surface area contributed by atoms with Crippen molar-refractivity contribution in [3.63, 3.8) is 0 Å². The van der Waals surface area contributed by atoms with Gasteiger partial charge in [-0.2, -0.15) is 0 Å². The van der Waals surface area contributed by atoms with E-state index in [1.165, 1.54) is 6.07 Å². The van der Waals surface area contributed by atoms with Crippen LogP contribution in [0.4, 0.5) is 15.8 Å². The van der Waals surface area contributed by atoms with E-state index in [2.05, 4.69) is 0 Å². The van der Waals surface area contributed by atoms with Crippen LogP contribution in [0.1, 0.15) is 11.1 Å². The van der Waals surface area contributed by atoms with Gasteiger partial charge in [-0.15, -0.1) is 0 Å². The first-order chi connectivity index (χ1) is 8.58. The van der Waals surface area contributed by atoms with Gasteiger partial charge >= 0.3 is 0 Å². The number of benzene rings is 2. The highest BCUT2D eigenvalue weighted by atomic mass is 19.1. The zero-order valence-electron chi connectivity index (χ0n) is 10.7. The average molecular weight is 244 g/mol. The summed E-state index contributed by atoms with van der Waals surface area (Å²) >= 11 is 0. The normalized spacial score (nSPS) is 10.4. The monoisotopic (exact) mass is 244 g/mol. The van der Waals surface area contributed by atoms with E-state index in [4.69, 9.17) is 5.73 Å². The minimum Gasteiger partial charge on any atom is -0.399 e. The molecule has 0 spiro atoms. The second kappa shape index (κ2) is 5.08. The zero-order valence-corrected chi connectivity index (χ0v) is 10.7. The number of hydrogen-bond acceptors (Lipinski definition) is 2. The van der Waals surface area contributed by atoms with Gasteiger partial charge in [-0.1, -0.05) is 18.2 Å². The van der Waals surface area contributed by atoms with Crippen molar-refractivity contribution in [2.75, 3.05) is 17.7 Å². The standard InChI is InChI=1S/C15H17FN2/c1-11-9-13(17)7-8-15(11)18(2)10-12-5-3-4-6-14(12)16/h3-9H,10,17H2,1-2H3. The highest BCUT2D eigenvalue weighted by Gasteiger charge is 2.08. The van der Waals surface area contributed by atoms with E-state index in [1.807, 2.05) is 43.1 Å². The zero-order chi connectivity index (χ0) is 13.1. The summed E-state index contributed by atoms with van der Waals surface area (Å²) in [6, 6.07) is 12.6. The van der Waals surface area contributed by atoms with Crippen LogP contribution in [0, 0.1) is 12.7 Å². The molecule has 3 heteroatoms. The quantitative estimate of drug-likeness (QED) is 0.839. The fraction of sp³-hybridized carbons (Fsp3) is 0.200. The van der Waals surface area contributed by atoms with Crippen LogP contribution in [0.5, 0.6) is 0 Å². The predicted molar refractivity (Wildman–Crippen MR) is 74.1 cm³/mol. The lowest BCUT2D eigenvalue weighted by atomic mass is 10.1. The van der Waals surface area contributed by atoms with Gasteiger partial charge in [0.25, 0.3) is 0 Å². The van der Waals surface area contributed by atoms with Gasteiger partial charge in [-0.05, 0) is 36.8 Å². The molecule has 0 bridgehead atoms. The van der Waals surface area contributed by atoms with Gasteiger partial charge in [0.05, 0.1) is 0 Å². The molecule has 2 aromatic carbocycles. The Labute approximate surface area is 107 Å². The van der Waals surface area contributed by atoms with Crippen molar-refractivity contribution < 1.29 is 4.39 Å². The van der Waals surface area contributed by atoms with E-state index in [0.29, 0.717) is 12.1 Å². The maximum atomic E-state index is 13.6. The van der Waals surface area contributed by atoms with Crippen LogP contribution in [0.25, 0.3) is 0 Å². The Balaban J connectivity index is 2.22. The number of nitrogen functional groups attached to an aromatic ring is 1. The molecule has 2 rings (SSSR count). The summed E-state index contributed by atoms with van der Waals surface area (Å²) in [5.41, 5.74) is 9.32. The Morgan fingerprint density at radius 2 is 1.89 bits per heavy atom. The summed E-state index contributed by atoms with van der Waals surface area (Å²) in [5.74, 6) is -0.169. The molecule has 0 saturated carbocycles. The number of nitrogens with zero attached hydrogens (tertiary/aromatic N) is 1. The minimum atomic E-state index is -0.169. The van der Waals surface area contributed by atoms with Gasteiger partial charge in [0, 0.05) is 30.5 Å². The minimum absolute atomic E-state index is 0.169. The first kappa shape index (κ1) is 12.4. The van der Waals surface area contributed by atoms with E-state index in [1.54, 1.807) is 12.1 Å². The molecule has 94 valence electrons. The molecule has 0 aromatic heterocycles. The maximum Gasteiger partial charge on any atom is 0.128 e. The van der Waals surface area contributed by atoms with Crippen molar-refractivity contribution in [1.82, 2.24) is 0 Å². The lowest BCUT2D eigenvalue weighted by molar-refractivity contribution is 0.608. The van der Waals surface area contributed by atoms with Gasteiger partial charge in [0.1, 0.15) is 5.82 Å². The van der Waals surface area contributed by atoms with Gasteiger partial charge in [0.15, 0.2) is 0 Å². The largest absolute Gasteiger partial charge is 0.399 e. The van der Waals surface area contributed by atoms with E-state index in [9.17, 15) is 4.39 Å². The second-order valence-electron chi connectivity index (χ2n) is 4.49. The highest BCUT2D eigenvalue weighted by Crippen LogP contribution is 2.23. The third-order valence-corrected chi connectivity index (χ3v) is 3.00. The molecule has 0 aliphatic heterocycles. The van der Waals surface area contributed by atoms with Gasteiger partial charge in [-0.25, -0.2) is 4.39 Å². The molecule has 2 N–H and O–H groups in total. The summed E-state index contributed by atoms with van der Waals surface area (Å²) in [7, 11) is 1.95. The van der Waals surface area contributed by atoms with Crippen molar-refractivity contribution in [2.24, 2.45) is 0 Å². The molecule has 18 heavy (non-hydrogen) atoms. The summed E-state index contributed by atoms with van der Waals surface area (Å²) in [6.07, 6.45) is 0. The molecule has 0 atom stereocenters. The van der Waals surface area contributed by atoms with Crippen molar-refractivity contribution in [1.29, 1.82) is 0 Å². The van der Waals surface area contributed by atoms with Crippen LogP contribution in [-0.2, 0) is 6.54 Å². The van der Waals surface area contributed by atoms with Crippen LogP contribution in [-0.4, -0.2) is 7.05 Å². The molecule has 2 nitrogen and oxygen atoms in total. The first-order valence-electron chi connectivity index (χ1n) is 5.88.